The summed E-state index contributed by atoms with van der Waals surface area (Å²) in [5.74, 6) is 1.50. The normalized spacial score (nSPS) is 11.4. The summed E-state index contributed by atoms with van der Waals surface area (Å²) in [6.45, 7) is 17.5. The van der Waals surface area contributed by atoms with Crippen LogP contribution in [0.15, 0.2) is 58.4 Å². The van der Waals surface area contributed by atoms with Crippen LogP contribution in [0.1, 0.15) is 63.1 Å². The van der Waals surface area contributed by atoms with Gasteiger partial charge in [-0.25, -0.2) is 0 Å². The lowest BCUT2D eigenvalue weighted by atomic mass is 9.88. The molecule has 0 saturated carbocycles. The number of anilines is 1. The van der Waals surface area contributed by atoms with Crippen LogP contribution in [0.25, 0.3) is 33.2 Å². The van der Waals surface area contributed by atoms with Gasteiger partial charge >= 0.3 is 0 Å². The summed E-state index contributed by atoms with van der Waals surface area (Å²) in [6, 6.07) is 13.1. The Morgan fingerprint density at radius 1 is 0.972 bits per heavy atom. The summed E-state index contributed by atoms with van der Waals surface area (Å²) in [7, 11) is 2.22. The highest BCUT2D eigenvalue weighted by Gasteiger charge is 2.23. The van der Waals surface area contributed by atoms with Gasteiger partial charge in [0.05, 0.1) is 16.9 Å². The zero-order valence-corrected chi connectivity index (χ0v) is 23.3. The lowest BCUT2D eigenvalue weighted by Gasteiger charge is -2.30. The molecule has 0 amide bonds. The van der Waals surface area contributed by atoms with Gasteiger partial charge in [-0.3, -0.25) is 4.98 Å². The van der Waals surface area contributed by atoms with E-state index in [1.54, 1.807) is 0 Å². The van der Waals surface area contributed by atoms with Crippen molar-refractivity contribution in [3.8, 4) is 22.3 Å². The second kappa shape index (κ2) is 10.3. The summed E-state index contributed by atoms with van der Waals surface area (Å²) >= 11 is 0. The monoisotopic (exact) mass is 481 g/mol. The maximum atomic E-state index is 5.55. The fraction of sp³-hybridized carbons (Fsp3) is 0.375. The van der Waals surface area contributed by atoms with Crippen molar-refractivity contribution < 1.29 is 4.52 Å². The van der Waals surface area contributed by atoms with Crippen LogP contribution >= 0.6 is 0 Å². The van der Waals surface area contributed by atoms with Crippen LogP contribution in [0.4, 0.5) is 5.69 Å². The Labute approximate surface area is 216 Å². The van der Waals surface area contributed by atoms with Crippen LogP contribution in [-0.4, -0.2) is 17.2 Å². The summed E-state index contributed by atoms with van der Waals surface area (Å²) in [6.07, 6.45) is 4.08. The van der Waals surface area contributed by atoms with Gasteiger partial charge in [0.1, 0.15) is 5.76 Å². The van der Waals surface area contributed by atoms with Crippen molar-refractivity contribution in [2.45, 2.75) is 68.2 Å². The molecule has 0 fully saturated rings. The number of hydrogen-bond donors (Lipinski definition) is 0. The third kappa shape index (κ3) is 4.82. The Kier molecular flexibility index (Phi) is 7.35. The average Bonchev–Trinajstić information content (AvgIpc) is 3.15. The first-order valence-corrected chi connectivity index (χ1v) is 12.9. The van der Waals surface area contributed by atoms with E-state index in [1.807, 2.05) is 26.1 Å². The van der Waals surface area contributed by atoms with Crippen LogP contribution in [0, 0.1) is 33.6 Å². The van der Waals surface area contributed by atoms with Gasteiger partial charge in [0, 0.05) is 35.5 Å². The molecular formula is C32H39N3O. The number of pyridine rings is 1. The predicted molar refractivity (Wildman–Crippen MR) is 152 cm³/mol. The zero-order chi connectivity index (χ0) is 26.1. The minimum absolute atomic E-state index is 0.654. The number of hydrogen-bond acceptors (Lipinski definition) is 4. The largest absolute Gasteiger partial charge is 0.361 e. The second-order valence-corrected chi connectivity index (χ2v) is 10.7. The molecule has 2 aromatic heterocycles. The minimum Gasteiger partial charge on any atom is -0.361 e. The first kappa shape index (κ1) is 25.7. The van der Waals surface area contributed by atoms with Crippen LogP contribution in [0.2, 0.25) is 0 Å². The van der Waals surface area contributed by atoms with Gasteiger partial charge < -0.3 is 9.42 Å². The Balaban J connectivity index is 2.05. The predicted octanol–water partition coefficient (Wildman–Crippen LogP) is 8.96. The summed E-state index contributed by atoms with van der Waals surface area (Å²) in [5.41, 5.74) is 13.0. The Bertz CT molecular complexity index is 1420. The van der Waals surface area contributed by atoms with E-state index in [0.717, 1.165) is 40.9 Å². The van der Waals surface area contributed by atoms with Gasteiger partial charge in [0.2, 0.25) is 0 Å². The molecule has 0 atom stereocenters. The van der Waals surface area contributed by atoms with Crippen molar-refractivity contribution in [3.63, 3.8) is 0 Å². The van der Waals surface area contributed by atoms with Gasteiger partial charge in [0.25, 0.3) is 0 Å². The molecule has 0 bridgehead atoms. The number of fused-ring (bicyclic) bond motifs is 1. The molecule has 4 aromatic rings. The van der Waals surface area contributed by atoms with E-state index in [9.17, 15) is 0 Å². The average molecular weight is 482 g/mol. The van der Waals surface area contributed by atoms with E-state index < -0.39 is 0 Å². The highest BCUT2D eigenvalue weighted by atomic mass is 16.5. The Morgan fingerprint density at radius 3 is 2.36 bits per heavy atom. The third-order valence-electron chi connectivity index (χ3n) is 7.16. The smallest absolute Gasteiger partial charge is 0.141 e. The highest BCUT2D eigenvalue weighted by molar-refractivity contribution is 6.01. The van der Waals surface area contributed by atoms with E-state index in [0.29, 0.717) is 5.92 Å². The summed E-state index contributed by atoms with van der Waals surface area (Å²) in [5, 5.41) is 5.41. The molecule has 4 heteroatoms. The number of aryl methyl sites for hydroxylation is 4. The van der Waals surface area contributed by atoms with Gasteiger partial charge in [-0.05, 0) is 107 Å². The maximum absolute atomic E-state index is 5.55. The van der Waals surface area contributed by atoms with Crippen LogP contribution in [-0.2, 0) is 0 Å². The van der Waals surface area contributed by atoms with E-state index in [4.69, 9.17) is 4.52 Å². The summed E-state index contributed by atoms with van der Waals surface area (Å²) in [4.78, 5) is 7.09. The minimum atomic E-state index is 0.654. The van der Waals surface area contributed by atoms with Crippen molar-refractivity contribution in [1.82, 2.24) is 10.1 Å². The van der Waals surface area contributed by atoms with Crippen molar-refractivity contribution in [2.24, 2.45) is 5.92 Å². The van der Waals surface area contributed by atoms with Crippen LogP contribution in [0.3, 0.4) is 0 Å². The number of allylic oxidation sites excluding steroid dienone is 2. The molecule has 0 radical (unpaired) electrons. The van der Waals surface area contributed by atoms with E-state index in [1.165, 1.54) is 44.6 Å². The Hall–Kier alpha value is -3.40. The zero-order valence-electron chi connectivity index (χ0n) is 23.3. The van der Waals surface area contributed by atoms with E-state index in [-0.39, 0.29) is 0 Å². The lowest BCUT2D eigenvalue weighted by molar-refractivity contribution is 0.393. The number of nitrogens with zero attached hydrogens (tertiary/aromatic N) is 3. The molecule has 0 saturated heterocycles. The van der Waals surface area contributed by atoms with Crippen molar-refractivity contribution in [3.05, 3.63) is 76.4 Å². The quantitative estimate of drug-likeness (QED) is 0.264. The third-order valence-corrected chi connectivity index (χ3v) is 7.16. The molecule has 0 unspecified atom stereocenters. The lowest BCUT2D eigenvalue weighted by Crippen LogP contribution is -2.20. The van der Waals surface area contributed by atoms with Crippen molar-refractivity contribution in [1.29, 1.82) is 0 Å². The Morgan fingerprint density at radius 2 is 1.72 bits per heavy atom. The highest BCUT2D eigenvalue weighted by Crippen LogP contribution is 2.44. The first-order valence-electron chi connectivity index (χ1n) is 12.9. The van der Waals surface area contributed by atoms with E-state index in [2.05, 4.69) is 94.0 Å². The van der Waals surface area contributed by atoms with E-state index >= 15 is 0 Å². The molecule has 4 rings (SSSR count). The molecule has 0 aliphatic rings. The second-order valence-electron chi connectivity index (χ2n) is 10.7. The molecule has 36 heavy (non-hydrogen) atoms. The molecule has 2 aromatic carbocycles. The molecule has 0 aliphatic heterocycles. The molecular weight excluding hydrogens is 442 g/mol. The van der Waals surface area contributed by atoms with Crippen molar-refractivity contribution >= 4 is 16.6 Å². The standard InChI is InChI=1S/C32H39N3O/c1-19(2)12-15-29(20(3)4)35(9)32-22(6)17-25(31-23(7)34-36-24(31)8)18-27(32)30-21(5)13-14-28-26(30)11-10-16-33-28/h10-11,13-14,16-19H,12,15H2,1-9H3. The van der Waals surface area contributed by atoms with Gasteiger partial charge in [0.15, 0.2) is 0 Å². The number of benzene rings is 2. The SMILES string of the molecule is CC(C)=C(CCC(C)C)N(C)c1c(C)cc(-c2c(C)noc2C)cc1-c1c(C)ccc2ncccc12. The molecule has 0 aliphatic carbocycles. The van der Waals surface area contributed by atoms with Gasteiger partial charge in [-0.15, -0.1) is 0 Å². The van der Waals surface area contributed by atoms with Crippen LogP contribution < -0.4 is 4.90 Å². The van der Waals surface area contributed by atoms with Crippen molar-refractivity contribution in [2.75, 3.05) is 11.9 Å². The summed E-state index contributed by atoms with van der Waals surface area (Å²) < 4.78 is 5.55. The maximum Gasteiger partial charge on any atom is 0.141 e. The molecule has 0 spiro atoms. The van der Waals surface area contributed by atoms with Gasteiger partial charge in [-0.2, -0.15) is 0 Å². The number of aromatic nitrogens is 2. The first-order chi connectivity index (χ1) is 17.1. The molecule has 188 valence electrons. The van der Waals surface area contributed by atoms with Gasteiger partial charge in [-0.1, -0.05) is 36.7 Å². The molecule has 2 heterocycles. The number of rotatable bonds is 7. The molecule has 4 nitrogen and oxygen atoms in total. The van der Waals surface area contributed by atoms with Crippen LogP contribution in [0.5, 0.6) is 0 Å². The fourth-order valence-electron chi connectivity index (χ4n) is 5.39. The fourth-order valence-corrected chi connectivity index (χ4v) is 5.39. The molecule has 0 N–H and O–H groups in total. The topological polar surface area (TPSA) is 42.2 Å².